The van der Waals surface area contributed by atoms with E-state index in [1.165, 1.54) is 37.1 Å². The van der Waals surface area contributed by atoms with Gasteiger partial charge in [-0.15, -0.1) is 6.58 Å². The molecule has 3 saturated heterocycles. The van der Waals surface area contributed by atoms with Crippen LogP contribution >= 0.6 is 0 Å². The van der Waals surface area contributed by atoms with Gasteiger partial charge >= 0.3 is 11.9 Å². The van der Waals surface area contributed by atoms with Crippen molar-refractivity contribution in [3.05, 3.63) is 84.8 Å². The summed E-state index contributed by atoms with van der Waals surface area (Å²) < 4.78 is 64.6. The minimum Gasteiger partial charge on any atom is -0.472 e. The molecule has 5 fully saturated rings. The summed E-state index contributed by atoms with van der Waals surface area (Å²) in [6, 6.07) is 1.51. The summed E-state index contributed by atoms with van der Waals surface area (Å²) in [7, 11) is 0. The molecule has 26 nitrogen and oxygen atoms in total. The number of pyridine rings is 1. The standard InChI is InChI=1S/C52H69NO25/c1-4-26-27(6-5-22-11-25(15-53-14-22)45(66)71-29-12-23-7-9-68-48(34(23)20(29)2)77-51-43(64)40(61)37(58)32(17-55)74-51)28(19-70-47(26)76-50-42(63)39(60)36(57)31(16-54)73-50)46(67)72-30-13-24-8-10-69-49(35(24)21(30)3)78-52-44(65)41(62)38(59)33(18-56)75-52/h4-11,14-15,19-21,23-24,26-27,29-44,47-52,54-65H,1,12-13,16-18H2,2-3H3/b6-5+/t20-,21-,23-,24-,26?,27?,29-,30-,31+,32+,33+,34+,35+,36+,37+,38+,39-,40-,41-,42+,43+,44+,47?,48?,49?,50-,51-,52-/m0/s1. The summed E-state index contributed by atoms with van der Waals surface area (Å²) in [6.07, 6.45) is -12.9. The van der Waals surface area contributed by atoms with Crippen LogP contribution in [0, 0.1) is 47.3 Å². The van der Waals surface area contributed by atoms with E-state index in [9.17, 15) is 70.9 Å². The van der Waals surface area contributed by atoms with Gasteiger partial charge in [0.1, 0.15) is 85.5 Å². The first-order valence-electron chi connectivity index (χ1n) is 25.9. The molecule has 2 saturated carbocycles. The van der Waals surface area contributed by atoms with Gasteiger partial charge in [-0.3, -0.25) is 4.98 Å². The quantitative estimate of drug-likeness (QED) is 0.0577. The van der Waals surface area contributed by atoms with Crippen molar-refractivity contribution in [2.24, 2.45) is 47.3 Å². The fourth-order valence-electron chi connectivity index (χ4n) is 11.8. The van der Waals surface area contributed by atoms with E-state index in [1.54, 1.807) is 24.3 Å². The van der Waals surface area contributed by atoms with Crippen LogP contribution in [-0.4, -0.2) is 221 Å². The molecule has 0 radical (unpaired) electrons. The van der Waals surface area contributed by atoms with Gasteiger partial charge in [0.2, 0.25) is 18.9 Å². The highest BCUT2D eigenvalue weighted by Crippen LogP contribution is 2.48. The Morgan fingerprint density at radius 1 is 0.603 bits per heavy atom. The number of fused-ring (bicyclic) bond motifs is 2. The number of ether oxygens (including phenoxy) is 11. The first-order chi connectivity index (χ1) is 37.4. The third kappa shape index (κ3) is 11.5. The van der Waals surface area contributed by atoms with Gasteiger partial charge in [0, 0.05) is 42.0 Å². The molecule has 28 atom stereocenters. The average molecular weight is 1110 g/mol. The summed E-state index contributed by atoms with van der Waals surface area (Å²) >= 11 is 0. The summed E-state index contributed by atoms with van der Waals surface area (Å²) in [6.45, 7) is 5.56. The lowest BCUT2D eigenvalue weighted by Crippen LogP contribution is -2.60. The van der Waals surface area contributed by atoms with Gasteiger partial charge in [-0.1, -0.05) is 32.1 Å². The lowest BCUT2D eigenvalue weighted by molar-refractivity contribution is -0.342. The molecular formula is C52H69NO25. The third-order valence-electron chi connectivity index (χ3n) is 16.4. The van der Waals surface area contributed by atoms with Crippen molar-refractivity contribution in [3.8, 4) is 0 Å². The maximum Gasteiger partial charge on any atom is 0.340 e. The molecule has 0 bridgehead atoms. The van der Waals surface area contributed by atoms with Gasteiger partial charge in [-0.05, 0) is 48.5 Å². The Morgan fingerprint density at radius 3 is 1.50 bits per heavy atom. The Hall–Kier alpha value is -4.53. The Morgan fingerprint density at radius 2 is 1.05 bits per heavy atom. The van der Waals surface area contributed by atoms with Crippen LogP contribution in [0.1, 0.15) is 42.6 Å². The van der Waals surface area contributed by atoms with Crippen molar-refractivity contribution >= 4 is 18.0 Å². The molecule has 26 heteroatoms. The Kier molecular flexibility index (Phi) is 18.4. The molecule has 7 heterocycles. The highest BCUT2D eigenvalue weighted by Gasteiger charge is 2.55. The van der Waals surface area contributed by atoms with Crippen molar-refractivity contribution in [1.29, 1.82) is 0 Å². The molecule has 432 valence electrons. The molecule has 12 N–H and O–H groups in total. The van der Waals surface area contributed by atoms with Crippen LogP contribution in [0.15, 0.2) is 73.7 Å². The summed E-state index contributed by atoms with van der Waals surface area (Å²) in [5.74, 6) is -5.74. The van der Waals surface area contributed by atoms with E-state index in [-0.39, 0.29) is 28.9 Å². The third-order valence-corrected chi connectivity index (χ3v) is 16.4. The predicted molar refractivity (Wildman–Crippen MR) is 257 cm³/mol. The SMILES string of the molecule is C=CC1C(O[C@@H]2O[C@H](CO)[C@@H](O)[C@H](O)[C@H]2O)OC=C(C(=O)O[C@H]2C[C@@H]3C=COC(O[C@@H]4O[C@H](CO)[C@@H](O)[C@H](O)[C@H]4O)[C@@H]3[C@H]2C)C1/C=C/c1cncc(C(=O)O[C@H]2C[C@@H]3C=COC(O[C@@H]4O[C@H](CO)[C@@H](O)[C@H](O)[C@H]4O)[C@@H]3[C@H]2C)c1. The van der Waals surface area contributed by atoms with Crippen LogP contribution in [0.3, 0.4) is 0 Å². The van der Waals surface area contributed by atoms with E-state index in [4.69, 9.17) is 52.1 Å². The highest BCUT2D eigenvalue weighted by molar-refractivity contribution is 5.91. The Balaban J connectivity index is 0.908. The molecule has 78 heavy (non-hydrogen) atoms. The minimum absolute atomic E-state index is 0.0279. The second-order valence-corrected chi connectivity index (χ2v) is 21.0. The molecule has 1 aromatic rings. The van der Waals surface area contributed by atoms with Crippen LogP contribution in [0.5, 0.6) is 0 Å². The van der Waals surface area contributed by atoms with E-state index in [1.807, 2.05) is 13.8 Å². The van der Waals surface area contributed by atoms with Crippen LogP contribution < -0.4 is 0 Å². The van der Waals surface area contributed by atoms with E-state index in [2.05, 4.69) is 11.6 Å². The zero-order chi connectivity index (χ0) is 55.9. The van der Waals surface area contributed by atoms with Crippen LogP contribution in [0.2, 0.25) is 0 Å². The predicted octanol–water partition coefficient (Wildman–Crippen LogP) is -3.08. The lowest BCUT2D eigenvalue weighted by Gasteiger charge is -2.42. The first-order valence-corrected chi connectivity index (χ1v) is 25.9. The molecule has 2 aliphatic carbocycles. The average Bonchev–Trinajstić information content (AvgIpc) is 4.01. The van der Waals surface area contributed by atoms with Crippen LogP contribution in [0.25, 0.3) is 6.08 Å². The van der Waals surface area contributed by atoms with Crippen molar-refractivity contribution in [3.63, 3.8) is 0 Å². The summed E-state index contributed by atoms with van der Waals surface area (Å²) in [5.41, 5.74) is 0.413. The number of aliphatic hydroxyl groups is 12. The molecule has 6 aliphatic heterocycles. The Labute approximate surface area is 446 Å². The number of hydrogen-bond acceptors (Lipinski definition) is 26. The number of carbonyl (C=O) groups excluding carboxylic acids is 2. The topological polar surface area (TPSA) is 391 Å². The van der Waals surface area contributed by atoms with Crippen molar-refractivity contribution in [2.75, 3.05) is 19.8 Å². The number of allylic oxidation sites excluding steroid dienone is 3. The molecule has 0 aromatic carbocycles. The number of carbonyl (C=O) groups is 2. The lowest BCUT2D eigenvalue weighted by atomic mass is 9.83. The van der Waals surface area contributed by atoms with E-state index >= 15 is 0 Å². The summed E-state index contributed by atoms with van der Waals surface area (Å²) in [4.78, 5) is 32.7. The van der Waals surface area contributed by atoms with Gasteiger partial charge in [0.25, 0.3) is 0 Å². The van der Waals surface area contributed by atoms with E-state index < -0.39 is 185 Å². The van der Waals surface area contributed by atoms with Crippen molar-refractivity contribution < 1.29 is 123 Å². The van der Waals surface area contributed by atoms with Gasteiger partial charge in [0.15, 0.2) is 18.9 Å². The Bertz CT molecular complexity index is 2370. The number of aliphatic hydroxyl groups excluding tert-OH is 12. The maximum atomic E-state index is 14.5. The normalized spacial score (nSPS) is 46.0. The largest absolute Gasteiger partial charge is 0.472 e. The second-order valence-electron chi connectivity index (χ2n) is 21.0. The minimum atomic E-state index is -1.80. The van der Waals surface area contributed by atoms with Gasteiger partial charge in [-0.25, -0.2) is 9.59 Å². The van der Waals surface area contributed by atoms with Crippen LogP contribution in [-0.2, 0) is 56.9 Å². The molecule has 0 amide bonds. The summed E-state index contributed by atoms with van der Waals surface area (Å²) in [5, 5.41) is 124. The molecule has 5 unspecified atom stereocenters. The fraction of sp³-hybridized carbons (Fsp3) is 0.673. The van der Waals surface area contributed by atoms with E-state index in [0.29, 0.717) is 18.4 Å². The molecular weight excluding hydrogens is 1040 g/mol. The van der Waals surface area contributed by atoms with Crippen LogP contribution in [0.4, 0.5) is 0 Å². The molecule has 8 aliphatic rings. The first kappa shape index (κ1) is 58.1. The smallest absolute Gasteiger partial charge is 0.340 e. The van der Waals surface area contributed by atoms with Crippen molar-refractivity contribution in [1.82, 2.24) is 4.98 Å². The van der Waals surface area contributed by atoms with Gasteiger partial charge < -0.3 is 113 Å². The highest BCUT2D eigenvalue weighted by atomic mass is 16.8. The second kappa shape index (κ2) is 24.7. The number of hydrogen-bond donors (Lipinski definition) is 12. The van der Waals surface area contributed by atoms with Gasteiger partial charge in [-0.2, -0.15) is 0 Å². The maximum absolute atomic E-state index is 14.5. The number of esters is 2. The molecule has 0 spiro atoms. The molecule has 1 aromatic heterocycles. The number of aromatic nitrogens is 1. The molecule has 9 rings (SSSR count). The zero-order valence-electron chi connectivity index (χ0n) is 42.4. The van der Waals surface area contributed by atoms with Gasteiger partial charge in [0.05, 0.1) is 55.7 Å². The number of rotatable bonds is 16. The number of nitrogens with zero attached hydrogens (tertiary/aromatic N) is 1. The monoisotopic (exact) mass is 1110 g/mol. The zero-order valence-corrected chi connectivity index (χ0v) is 42.4. The van der Waals surface area contributed by atoms with E-state index in [0.717, 1.165) is 6.26 Å². The van der Waals surface area contributed by atoms with Crippen molar-refractivity contribution in [2.45, 2.75) is 150 Å². The fourth-order valence-corrected chi connectivity index (χ4v) is 11.8.